The minimum absolute atomic E-state index is 0.118. The van der Waals surface area contributed by atoms with Crippen molar-refractivity contribution in [2.75, 3.05) is 14.1 Å². The molecule has 31 heavy (non-hydrogen) atoms. The zero-order valence-electron chi connectivity index (χ0n) is 18.2. The van der Waals surface area contributed by atoms with E-state index in [0.717, 1.165) is 28.7 Å². The SMILES string of the molecule is CCC1(O)C(=O)OCc2c1cc1n(c2=O)Cc2cc3c(CN(C)C)c(C)ccc3nc2-1. The highest BCUT2D eigenvalue weighted by Gasteiger charge is 2.45. The number of pyridine rings is 2. The predicted octanol–water partition coefficient (Wildman–Crippen LogP) is 2.45. The minimum atomic E-state index is -1.81. The maximum absolute atomic E-state index is 13.3. The van der Waals surface area contributed by atoms with Gasteiger partial charge in [0.15, 0.2) is 5.60 Å². The zero-order valence-corrected chi connectivity index (χ0v) is 18.2. The van der Waals surface area contributed by atoms with Gasteiger partial charge >= 0.3 is 5.97 Å². The fourth-order valence-corrected chi connectivity index (χ4v) is 4.75. The van der Waals surface area contributed by atoms with Gasteiger partial charge in [0.25, 0.3) is 5.56 Å². The number of ether oxygens (including phenoxy) is 1. The maximum atomic E-state index is 13.3. The summed E-state index contributed by atoms with van der Waals surface area (Å²) in [7, 11) is 4.08. The Morgan fingerprint density at radius 2 is 2.03 bits per heavy atom. The van der Waals surface area contributed by atoms with E-state index in [9.17, 15) is 14.7 Å². The number of cyclic esters (lactones) is 1. The Morgan fingerprint density at radius 1 is 1.26 bits per heavy atom. The van der Waals surface area contributed by atoms with Crippen LogP contribution < -0.4 is 5.56 Å². The largest absolute Gasteiger partial charge is 0.458 e. The lowest BCUT2D eigenvalue weighted by Crippen LogP contribution is -2.44. The molecule has 0 radical (unpaired) electrons. The highest BCUT2D eigenvalue weighted by molar-refractivity contribution is 5.88. The smallest absolute Gasteiger partial charge is 0.343 e. The van der Waals surface area contributed by atoms with Gasteiger partial charge in [0, 0.05) is 23.1 Å². The quantitative estimate of drug-likeness (QED) is 0.514. The molecular formula is C24H25N3O4. The van der Waals surface area contributed by atoms with Gasteiger partial charge in [0.1, 0.15) is 6.61 Å². The second-order valence-corrected chi connectivity index (χ2v) is 8.76. The van der Waals surface area contributed by atoms with Crippen LogP contribution in [0.2, 0.25) is 0 Å². The molecule has 0 fully saturated rings. The van der Waals surface area contributed by atoms with Crippen molar-refractivity contribution in [3.8, 4) is 11.4 Å². The summed E-state index contributed by atoms with van der Waals surface area (Å²) in [6.07, 6.45) is 0.132. The normalized spacial score (nSPS) is 19.4. The lowest BCUT2D eigenvalue weighted by atomic mass is 9.86. The Morgan fingerprint density at radius 3 is 2.74 bits per heavy atom. The molecule has 2 aromatic heterocycles. The van der Waals surface area contributed by atoms with Crippen molar-refractivity contribution in [2.24, 2.45) is 0 Å². The van der Waals surface area contributed by atoms with E-state index in [2.05, 4.69) is 24.0 Å². The summed E-state index contributed by atoms with van der Waals surface area (Å²) in [5.41, 5.74) is 4.26. The van der Waals surface area contributed by atoms with E-state index in [1.54, 1.807) is 17.6 Å². The van der Waals surface area contributed by atoms with Crippen molar-refractivity contribution in [3.63, 3.8) is 0 Å². The number of fused-ring (bicyclic) bond motifs is 5. The number of hydrogen-bond donors (Lipinski definition) is 1. The molecule has 7 heteroatoms. The molecule has 0 aliphatic carbocycles. The molecule has 0 bridgehead atoms. The van der Waals surface area contributed by atoms with Gasteiger partial charge in [-0.2, -0.15) is 0 Å². The monoisotopic (exact) mass is 419 g/mol. The van der Waals surface area contributed by atoms with Crippen LogP contribution in [0.15, 0.2) is 29.1 Å². The van der Waals surface area contributed by atoms with Crippen LogP contribution in [-0.4, -0.2) is 39.6 Å². The summed E-state index contributed by atoms with van der Waals surface area (Å²) in [6.45, 7) is 4.89. The van der Waals surface area contributed by atoms with Gasteiger partial charge in [-0.3, -0.25) is 4.79 Å². The van der Waals surface area contributed by atoms with E-state index in [4.69, 9.17) is 9.72 Å². The molecular weight excluding hydrogens is 394 g/mol. The van der Waals surface area contributed by atoms with E-state index < -0.39 is 11.6 Å². The molecule has 0 spiro atoms. The summed E-state index contributed by atoms with van der Waals surface area (Å²) in [5.74, 6) is -0.708. The maximum Gasteiger partial charge on any atom is 0.343 e. The first kappa shape index (κ1) is 19.9. The number of aliphatic hydroxyl groups is 1. The molecule has 3 aromatic rings. The van der Waals surface area contributed by atoms with E-state index in [0.29, 0.717) is 23.4 Å². The Balaban J connectivity index is 1.75. The van der Waals surface area contributed by atoms with Crippen LogP contribution in [0, 0.1) is 6.92 Å². The number of nitrogens with zero attached hydrogens (tertiary/aromatic N) is 3. The van der Waals surface area contributed by atoms with Gasteiger partial charge in [0.2, 0.25) is 0 Å². The Hall–Kier alpha value is -3.03. The molecule has 4 heterocycles. The second kappa shape index (κ2) is 6.73. The van der Waals surface area contributed by atoms with E-state index in [-0.39, 0.29) is 18.6 Å². The average molecular weight is 419 g/mol. The molecule has 0 amide bonds. The topological polar surface area (TPSA) is 84.7 Å². The lowest BCUT2D eigenvalue weighted by molar-refractivity contribution is -0.172. The van der Waals surface area contributed by atoms with Gasteiger partial charge in [-0.25, -0.2) is 9.78 Å². The van der Waals surface area contributed by atoms with Gasteiger partial charge in [-0.15, -0.1) is 0 Å². The van der Waals surface area contributed by atoms with Crippen LogP contribution in [0.1, 0.15) is 41.2 Å². The van der Waals surface area contributed by atoms with E-state index >= 15 is 0 Å². The third-order valence-corrected chi connectivity index (χ3v) is 6.51. The highest BCUT2D eigenvalue weighted by Crippen LogP contribution is 2.39. The van der Waals surface area contributed by atoms with Crippen LogP contribution in [0.4, 0.5) is 0 Å². The third-order valence-electron chi connectivity index (χ3n) is 6.51. The summed E-state index contributed by atoms with van der Waals surface area (Å²) in [6, 6.07) is 7.95. The van der Waals surface area contributed by atoms with Gasteiger partial charge < -0.3 is 19.3 Å². The first-order valence-corrected chi connectivity index (χ1v) is 10.5. The van der Waals surface area contributed by atoms with Crippen LogP contribution in [-0.2, 0) is 34.8 Å². The molecule has 1 atom stereocenters. The second-order valence-electron chi connectivity index (χ2n) is 8.76. The van der Waals surface area contributed by atoms with E-state index in [1.165, 1.54) is 11.1 Å². The first-order chi connectivity index (χ1) is 14.7. The number of hydrogen-bond acceptors (Lipinski definition) is 6. The van der Waals surface area contributed by atoms with Crippen LogP contribution >= 0.6 is 0 Å². The van der Waals surface area contributed by atoms with Gasteiger partial charge in [0.05, 0.1) is 29.0 Å². The minimum Gasteiger partial charge on any atom is -0.458 e. The molecule has 160 valence electrons. The van der Waals surface area contributed by atoms with Crippen molar-refractivity contribution in [1.29, 1.82) is 0 Å². The van der Waals surface area contributed by atoms with Crippen molar-refractivity contribution in [1.82, 2.24) is 14.5 Å². The molecule has 5 rings (SSSR count). The predicted molar refractivity (Wildman–Crippen MR) is 117 cm³/mol. The third kappa shape index (κ3) is 2.77. The average Bonchev–Trinajstić information content (AvgIpc) is 3.10. The number of carbonyl (C=O) groups is 1. The fourth-order valence-electron chi connectivity index (χ4n) is 4.75. The highest BCUT2D eigenvalue weighted by atomic mass is 16.6. The standard InChI is InChI=1S/C24H25N3O4/c1-5-24(30)18-9-20-21-14(10-27(20)22(28)17(18)12-31-23(24)29)8-15-16(11-26(3)4)13(2)6-7-19(15)25-21/h6-9,30H,5,10-12H2,1-4H3. The summed E-state index contributed by atoms with van der Waals surface area (Å²) < 4.78 is 6.80. The number of rotatable bonds is 3. The lowest BCUT2D eigenvalue weighted by Gasteiger charge is -2.31. The molecule has 2 aliphatic heterocycles. The summed E-state index contributed by atoms with van der Waals surface area (Å²) >= 11 is 0. The van der Waals surface area contributed by atoms with Crippen LogP contribution in [0.3, 0.4) is 0 Å². The summed E-state index contributed by atoms with van der Waals surface area (Å²) in [4.78, 5) is 32.6. The van der Waals surface area contributed by atoms with Crippen LogP contribution in [0.5, 0.6) is 0 Å². The Labute approximate surface area is 179 Å². The zero-order chi connectivity index (χ0) is 22.1. The van der Waals surface area contributed by atoms with Crippen LogP contribution in [0.25, 0.3) is 22.3 Å². The number of benzene rings is 1. The van der Waals surface area contributed by atoms with Crippen molar-refractivity contribution in [3.05, 3.63) is 62.4 Å². The van der Waals surface area contributed by atoms with Crippen molar-refractivity contribution >= 4 is 16.9 Å². The number of esters is 1. The summed E-state index contributed by atoms with van der Waals surface area (Å²) in [5, 5.41) is 12.1. The molecule has 2 aliphatic rings. The van der Waals surface area contributed by atoms with Gasteiger partial charge in [-0.1, -0.05) is 13.0 Å². The number of aromatic nitrogens is 2. The number of carbonyl (C=O) groups excluding carboxylic acids is 1. The van der Waals surface area contributed by atoms with Crippen molar-refractivity contribution < 1.29 is 14.6 Å². The van der Waals surface area contributed by atoms with Gasteiger partial charge in [-0.05, 0) is 56.8 Å². The Kier molecular flexibility index (Phi) is 4.32. The van der Waals surface area contributed by atoms with Crippen molar-refractivity contribution in [2.45, 2.75) is 45.6 Å². The molecule has 0 saturated carbocycles. The molecule has 1 aromatic carbocycles. The fraction of sp³-hybridized carbons (Fsp3) is 0.375. The molecule has 1 N–H and O–H groups in total. The molecule has 7 nitrogen and oxygen atoms in total. The number of aryl methyl sites for hydroxylation is 1. The Bertz CT molecular complexity index is 1320. The molecule has 0 saturated heterocycles. The van der Waals surface area contributed by atoms with E-state index in [1.807, 2.05) is 20.2 Å². The first-order valence-electron chi connectivity index (χ1n) is 10.5. The molecule has 1 unspecified atom stereocenters.